The van der Waals surface area contributed by atoms with Gasteiger partial charge >= 0.3 is 0 Å². The summed E-state index contributed by atoms with van der Waals surface area (Å²) in [5.74, 6) is 1.39. The second-order valence-corrected chi connectivity index (χ2v) is 6.72. The first-order chi connectivity index (χ1) is 11.3. The van der Waals surface area contributed by atoms with Crippen LogP contribution in [0.1, 0.15) is 64.7 Å². The Hall–Kier alpha value is -1.01. The largest absolute Gasteiger partial charge is 0.477 e. The molecular weight excluding hydrogens is 312 g/mol. The lowest BCUT2D eigenvalue weighted by Crippen LogP contribution is -2.10. The third kappa shape index (κ3) is 10.4. The summed E-state index contributed by atoms with van der Waals surface area (Å²) in [6, 6.07) is 1.41. The number of nitrogens with zero attached hydrogens (tertiary/aromatic N) is 1. The van der Waals surface area contributed by atoms with Gasteiger partial charge in [0.25, 0.3) is 5.56 Å². The number of unbranched alkanes of at least 4 members (excludes halogenated alkanes) is 7. The monoisotopic (exact) mass is 342 g/mol. The van der Waals surface area contributed by atoms with Gasteiger partial charge in [-0.2, -0.15) is 4.98 Å². The number of rotatable bonds is 14. The number of aliphatic hydroxyl groups is 1. The fourth-order valence-corrected chi connectivity index (χ4v) is 3.04. The number of thioether (sulfide) groups is 1. The lowest BCUT2D eigenvalue weighted by molar-refractivity contribution is 0.275. The van der Waals surface area contributed by atoms with Gasteiger partial charge in [-0.25, -0.2) is 0 Å². The quantitative estimate of drug-likeness (QED) is 0.306. The van der Waals surface area contributed by atoms with Crippen LogP contribution in [0.2, 0.25) is 0 Å². The summed E-state index contributed by atoms with van der Waals surface area (Å²) >= 11 is 1.58. The standard InChI is InChI=1S/C17H30N2O3S/c1-2-3-4-10-13-23-17-18-15(21)14-16(19-17)22-12-9-7-5-6-8-11-20/h14,20H,2-13H2,1H3,(H,18,19,21). The van der Waals surface area contributed by atoms with Crippen molar-refractivity contribution in [3.63, 3.8) is 0 Å². The van der Waals surface area contributed by atoms with Crippen LogP contribution in [0.4, 0.5) is 0 Å². The Kier molecular flexibility index (Phi) is 11.7. The fourth-order valence-electron chi connectivity index (χ4n) is 2.17. The van der Waals surface area contributed by atoms with Crippen LogP contribution in [0.25, 0.3) is 0 Å². The zero-order chi connectivity index (χ0) is 16.8. The first kappa shape index (κ1) is 20.0. The molecule has 0 aliphatic rings. The number of hydrogen-bond donors (Lipinski definition) is 2. The third-order valence-corrected chi connectivity index (χ3v) is 4.45. The molecule has 1 aromatic rings. The average Bonchev–Trinajstić information content (AvgIpc) is 2.53. The van der Waals surface area contributed by atoms with Crippen LogP contribution in [0.3, 0.4) is 0 Å². The minimum atomic E-state index is -0.158. The molecule has 0 aliphatic carbocycles. The van der Waals surface area contributed by atoms with Gasteiger partial charge in [0.2, 0.25) is 5.88 Å². The summed E-state index contributed by atoms with van der Waals surface area (Å²) in [6.07, 6.45) is 9.89. The maximum Gasteiger partial charge on any atom is 0.255 e. The summed E-state index contributed by atoms with van der Waals surface area (Å²) in [5, 5.41) is 9.35. The molecule has 2 N–H and O–H groups in total. The number of aromatic nitrogens is 2. The minimum absolute atomic E-state index is 0.158. The first-order valence-electron chi connectivity index (χ1n) is 8.74. The summed E-state index contributed by atoms with van der Waals surface area (Å²) in [7, 11) is 0. The number of aliphatic hydroxyl groups excluding tert-OH is 1. The Morgan fingerprint density at radius 1 is 1.13 bits per heavy atom. The van der Waals surface area contributed by atoms with Crippen molar-refractivity contribution < 1.29 is 9.84 Å². The molecule has 23 heavy (non-hydrogen) atoms. The molecule has 0 radical (unpaired) electrons. The van der Waals surface area contributed by atoms with E-state index in [1.807, 2.05) is 0 Å². The van der Waals surface area contributed by atoms with E-state index in [0.29, 0.717) is 17.6 Å². The highest BCUT2D eigenvalue weighted by Gasteiger charge is 2.03. The van der Waals surface area contributed by atoms with E-state index in [0.717, 1.165) is 44.3 Å². The van der Waals surface area contributed by atoms with Gasteiger partial charge in [0.1, 0.15) is 0 Å². The van der Waals surface area contributed by atoms with Crippen molar-refractivity contribution in [1.82, 2.24) is 9.97 Å². The highest BCUT2D eigenvalue weighted by molar-refractivity contribution is 7.99. The molecule has 0 spiro atoms. The summed E-state index contributed by atoms with van der Waals surface area (Å²) in [5.41, 5.74) is -0.158. The van der Waals surface area contributed by atoms with Gasteiger partial charge in [0, 0.05) is 12.4 Å². The van der Waals surface area contributed by atoms with Crippen LogP contribution < -0.4 is 10.3 Å². The van der Waals surface area contributed by atoms with E-state index in [4.69, 9.17) is 9.84 Å². The van der Waals surface area contributed by atoms with E-state index < -0.39 is 0 Å². The Morgan fingerprint density at radius 3 is 2.65 bits per heavy atom. The maximum atomic E-state index is 11.6. The summed E-state index contributed by atoms with van der Waals surface area (Å²) in [4.78, 5) is 18.7. The van der Waals surface area contributed by atoms with Crippen LogP contribution in [-0.2, 0) is 0 Å². The van der Waals surface area contributed by atoms with Crippen LogP contribution in [0.5, 0.6) is 5.88 Å². The summed E-state index contributed by atoms with van der Waals surface area (Å²) < 4.78 is 5.59. The van der Waals surface area contributed by atoms with Crippen molar-refractivity contribution in [2.75, 3.05) is 19.0 Å². The molecule has 1 rings (SSSR count). The van der Waals surface area contributed by atoms with E-state index in [1.54, 1.807) is 11.8 Å². The maximum absolute atomic E-state index is 11.6. The second kappa shape index (κ2) is 13.4. The molecule has 1 aromatic heterocycles. The number of nitrogens with one attached hydrogen (secondary N) is 1. The smallest absolute Gasteiger partial charge is 0.255 e. The van der Waals surface area contributed by atoms with Crippen LogP contribution in [0, 0.1) is 0 Å². The van der Waals surface area contributed by atoms with Gasteiger partial charge in [0.15, 0.2) is 5.16 Å². The first-order valence-corrected chi connectivity index (χ1v) is 9.72. The van der Waals surface area contributed by atoms with E-state index in [1.165, 1.54) is 25.3 Å². The van der Waals surface area contributed by atoms with Crippen molar-refractivity contribution in [3.8, 4) is 5.88 Å². The lowest BCUT2D eigenvalue weighted by Gasteiger charge is -2.06. The van der Waals surface area contributed by atoms with Gasteiger partial charge in [-0.05, 0) is 19.3 Å². The zero-order valence-electron chi connectivity index (χ0n) is 14.2. The normalized spacial score (nSPS) is 10.9. The molecular formula is C17H30N2O3S. The molecule has 132 valence electrons. The van der Waals surface area contributed by atoms with Gasteiger partial charge in [-0.1, -0.05) is 57.2 Å². The SMILES string of the molecule is CCCCCCSc1nc(OCCCCCCCO)cc(=O)[nH]1. The van der Waals surface area contributed by atoms with Gasteiger partial charge in [-0.3, -0.25) is 4.79 Å². The van der Waals surface area contributed by atoms with Crippen molar-refractivity contribution >= 4 is 11.8 Å². The van der Waals surface area contributed by atoms with E-state index in [9.17, 15) is 4.79 Å². The van der Waals surface area contributed by atoms with Crippen molar-refractivity contribution in [1.29, 1.82) is 0 Å². The number of H-pyrrole nitrogens is 1. The van der Waals surface area contributed by atoms with Gasteiger partial charge in [0.05, 0.1) is 12.7 Å². The molecule has 1 heterocycles. The topological polar surface area (TPSA) is 75.2 Å². The molecule has 0 unspecified atom stereocenters. The third-order valence-electron chi connectivity index (χ3n) is 3.49. The molecule has 0 aliphatic heterocycles. The van der Waals surface area contributed by atoms with E-state index in [-0.39, 0.29) is 12.2 Å². The number of aromatic amines is 1. The minimum Gasteiger partial charge on any atom is -0.477 e. The Balaban J connectivity index is 2.25. The predicted octanol–water partition coefficient (Wildman–Crippen LogP) is 3.76. The van der Waals surface area contributed by atoms with Crippen LogP contribution >= 0.6 is 11.8 Å². The second-order valence-electron chi connectivity index (χ2n) is 5.64. The molecule has 0 aromatic carbocycles. The predicted molar refractivity (Wildman–Crippen MR) is 95.4 cm³/mol. The summed E-state index contributed by atoms with van der Waals surface area (Å²) in [6.45, 7) is 3.04. The molecule has 6 heteroatoms. The van der Waals surface area contributed by atoms with E-state index >= 15 is 0 Å². The highest BCUT2D eigenvalue weighted by Crippen LogP contribution is 2.17. The van der Waals surface area contributed by atoms with E-state index in [2.05, 4.69) is 16.9 Å². The molecule has 0 amide bonds. The molecule has 0 fully saturated rings. The molecule has 0 saturated heterocycles. The zero-order valence-corrected chi connectivity index (χ0v) is 15.0. The highest BCUT2D eigenvalue weighted by atomic mass is 32.2. The Morgan fingerprint density at radius 2 is 1.87 bits per heavy atom. The van der Waals surface area contributed by atoms with Gasteiger partial charge in [-0.15, -0.1) is 0 Å². The lowest BCUT2D eigenvalue weighted by atomic mass is 10.1. The fraction of sp³-hybridized carbons (Fsp3) is 0.765. The number of ether oxygens (including phenoxy) is 1. The Bertz CT molecular complexity index is 465. The van der Waals surface area contributed by atoms with Crippen LogP contribution in [-0.4, -0.2) is 34.0 Å². The molecule has 0 bridgehead atoms. The average molecular weight is 343 g/mol. The Labute approximate surface area is 143 Å². The molecule has 5 nitrogen and oxygen atoms in total. The molecule has 0 atom stereocenters. The van der Waals surface area contributed by atoms with Crippen molar-refractivity contribution in [2.24, 2.45) is 0 Å². The van der Waals surface area contributed by atoms with Crippen molar-refractivity contribution in [2.45, 2.75) is 69.9 Å². The molecule has 0 saturated carbocycles. The van der Waals surface area contributed by atoms with Crippen LogP contribution in [0.15, 0.2) is 16.0 Å². The number of hydrogen-bond acceptors (Lipinski definition) is 5. The van der Waals surface area contributed by atoms with Crippen molar-refractivity contribution in [3.05, 3.63) is 16.4 Å². The van der Waals surface area contributed by atoms with Gasteiger partial charge < -0.3 is 14.8 Å².